The van der Waals surface area contributed by atoms with Gasteiger partial charge in [0.15, 0.2) is 11.6 Å². The fourth-order valence-electron chi connectivity index (χ4n) is 4.69. The van der Waals surface area contributed by atoms with Crippen molar-refractivity contribution in [3.8, 4) is 11.1 Å². The lowest BCUT2D eigenvalue weighted by molar-refractivity contribution is -0.126. The first-order valence-electron chi connectivity index (χ1n) is 11.6. The maximum Gasteiger partial charge on any atom is 0.246 e. The van der Waals surface area contributed by atoms with Crippen molar-refractivity contribution in [1.29, 1.82) is 5.41 Å². The molecule has 5 rings (SSSR count). The largest absolute Gasteiger partial charge is 0.404 e. The highest BCUT2D eigenvalue weighted by Crippen LogP contribution is 2.42. The first-order valence-corrected chi connectivity index (χ1v) is 12.0. The number of hydrogen-bond acceptors (Lipinski definition) is 7. The number of rotatable bonds is 5. The van der Waals surface area contributed by atoms with Crippen LogP contribution in [0.2, 0.25) is 5.02 Å². The molecule has 0 saturated carbocycles. The number of H-pyrrole nitrogens is 1. The van der Waals surface area contributed by atoms with Crippen molar-refractivity contribution in [3.05, 3.63) is 65.5 Å². The number of carbonyl (C=O) groups excluding carboxylic acids is 1. The van der Waals surface area contributed by atoms with Gasteiger partial charge in [-0.05, 0) is 30.7 Å². The summed E-state index contributed by atoms with van der Waals surface area (Å²) in [6.45, 7) is 7.26. The number of allylic oxidation sites excluding steroid dienone is 1. The van der Waals surface area contributed by atoms with Gasteiger partial charge in [0.05, 0.1) is 22.3 Å². The van der Waals surface area contributed by atoms with E-state index < -0.39 is 5.82 Å². The lowest BCUT2D eigenvalue weighted by Crippen LogP contribution is -2.48. The summed E-state index contributed by atoms with van der Waals surface area (Å²) in [6.07, 6.45) is 5.17. The number of anilines is 1. The van der Waals surface area contributed by atoms with Crippen LogP contribution in [0.1, 0.15) is 11.4 Å². The second kappa shape index (κ2) is 9.62. The van der Waals surface area contributed by atoms with Crippen LogP contribution in [0, 0.1) is 18.2 Å². The molecule has 1 amide bonds. The number of nitrogens with one attached hydrogen (secondary N) is 2. The minimum atomic E-state index is -0.606. The molecule has 0 bridgehead atoms. The van der Waals surface area contributed by atoms with Gasteiger partial charge in [-0.15, -0.1) is 0 Å². The van der Waals surface area contributed by atoms with Gasteiger partial charge in [-0.2, -0.15) is 5.10 Å². The van der Waals surface area contributed by atoms with Crippen molar-refractivity contribution < 1.29 is 9.18 Å². The van der Waals surface area contributed by atoms with E-state index in [-0.39, 0.29) is 33.4 Å². The van der Waals surface area contributed by atoms with Gasteiger partial charge in [-0.1, -0.05) is 24.2 Å². The fraction of sp³-hybridized carbons (Fsp3) is 0.192. The van der Waals surface area contributed by atoms with Crippen molar-refractivity contribution in [1.82, 2.24) is 25.1 Å². The number of piperazine rings is 1. The summed E-state index contributed by atoms with van der Waals surface area (Å²) < 4.78 is 16.4. The van der Waals surface area contributed by atoms with Crippen LogP contribution in [0.25, 0.3) is 38.5 Å². The molecule has 37 heavy (non-hydrogen) atoms. The minimum Gasteiger partial charge on any atom is -0.404 e. The maximum atomic E-state index is 16.4. The van der Waals surface area contributed by atoms with Gasteiger partial charge in [0.25, 0.3) is 0 Å². The first kappa shape index (κ1) is 24.4. The first-order chi connectivity index (χ1) is 17.9. The van der Waals surface area contributed by atoms with E-state index in [1.165, 1.54) is 12.3 Å². The molecule has 0 spiro atoms. The molecule has 0 radical (unpaired) electrons. The number of nitrogens with zero attached hydrogens (tertiary/aromatic N) is 5. The number of aromatic nitrogens is 4. The molecular formula is C26H24ClFN8O. The zero-order chi connectivity index (χ0) is 26.3. The average molecular weight is 519 g/mol. The van der Waals surface area contributed by atoms with E-state index in [4.69, 9.17) is 22.7 Å². The molecule has 1 aliphatic rings. The highest BCUT2D eigenvalue weighted by Gasteiger charge is 2.27. The van der Waals surface area contributed by atoms with Gasteiger partial charge in [0.2, 0.25) is 5.91 Å². The molecule has 0 unspecified atom stereocenters. The Balaban J connectivity index is 1.74. The molecule has 2 aromatic carbocycles. The Morgan fingerprint density at radius 1 is 1.22 bits per heavy atom. The van der Waals surface area contributed by atoms with Gasteiger partial charge >= 0.3 is 0 Å². The number of aryl methyl sites for hydroxylation is 1. The second-order valence-corrected chi connectivity index (χ2v) is 9.09. The van der Waals surface area contributed by atoms with Crippen LogP contribution in [0.4, 0.5) is 10.2 Å². The van der Waals surface area contributed by atoms with Crippen LogP contribution in [-0.2, 0) is 4.79 Å². The zero-order valence-electron chi connectivity index (χ0n) is 20.1. The van der Waals surface area contributed by atoms with Gasteiger partial charge in [-0.25, -0.2) is 14.4 Å². The third-order valence-corrected chi connectivity index (χ3v) is 6.90. The van der Waals surface area contributed by atoms with E-state index in [0.29, 0.717) is 42.9 Å². The van der Waals surface area contributed by atoms with Crippen LogP contribution in [-0.4, -0.2) is 63.4 Å². The van der Waals surface area contributed by atoms with E-state index in [2.05, 4.69) is 26.7 Å². The van der Waals surface area contributed by atoms with E-state index in [1.807, 2.05) is 24.0 Å². The molecule has 2 aromatic heterocycles. The van der Waals surface area contributed by atoms with E-state index in [0.717, 1.165) is 22.7 Å². The average Bonchev–Trinajstić information content (AvgIpc) is 3.39. The van der Waals surface area contributed by atoms with Crippen molar-refractivity contribution in [2.75, 3.05) is 31.1 Å². The number of fused-ring (bicyclic) bond motifs is 2. The molecule has 1 saturated heterocycles. The molecule has 0 aliphatic carbocycles. The summed E-state index contributed by atoms with van der Waals surface area (Å²) in [5, 5.41) is 16.1. The van der Waals surface area contributed by atoms with Crippen LogP contribution in [0.15, 0.2) is 43.3 Å². The number of benzene rings is 2. The molecule has 1 fully saturated rings. The van der Waals surface area contributed by atoms with Gasteiger partial charge in [0.1, 0.15) is 11.3 Å². The number of carbonyl (C=O) groups is 1. The van der Waals surface area contributed by atoms with Crippen LogP contribution < -0.4 is 10.6 Å². The predicted molar refractivity (Wildman–Crippen MR) is 144 cm³/mol. The summed E-state index contributed by atoms with van der Waals surface area (Å²) in [7, 11) is 0. The molecular weight excluding hydrogens is 495 g/mol. The smallest absolute Gasteiger partial charge is 0.246 e. The number of hydrogen-bond donors (Lipinski definition) is 3. The van der Waals surface area contributed by atoms with E-state index in [9.17, 15) is 4.79 Å². The second-order valence-electron chi connectivity index (χ2n) is 8.69. The maximum absolute atomic E-state index is 16.4. The molecule has 9 nitrogen and oxygen atoms in total. The quantitative estimate of drug-likeness (QED) is 0.270. The van der Waals surface area contributed by atoms with Gasteiger partial charge in [0, 0.05) is 60.5 Å². The molecule has 1 aliphatic heterocycles. The highest BCUT2D eigenvalue weighted by molar-refractivity contribution is 6.35. The van der Waals surface area contributed by atoms with Crippen LogP contribution in [0.5, 0.6) is 0 Å². The Morgan fingerprint density at radius 2 is 1.97 bits per heavy atom. The lowest BCUT2D eigenvalue weighted by atomic mass is 9.95. The number of amides is 1. The molecule has 188 valence electrons. The van der Waals surface area contributed by atoms with Crippen LogP contribution >= 0.6 is 11.6 Å². The molecule has 3 heterocycles. The highest BCUT2D eigenvalue weighted by atomic mass is 35.5. The van der Waals surface area contributed by atoms with Crippen molar-refractivity contribution in [3.63, 3.8) is 0 Å². The third-order valence-electron chi connectivity index (χ3n) is 6.60. The monoisotopic (exact) mass is 518 g/mol. The fourth-order valence-corrected chi connectivity index (χ4v) is 4.98. The SMILES string of the molecule is C=CC(=O)N1CCN(c2nc(/C(C=N)=C/N)nc3c(F)c(-c4c(C)ccc5[nH]ncc45)c(Cl)cc23)CC1. The topological polar surface area (TPSA) is 128 Å². The predicted octanol–water partition coefficient (Wildman–Crippen LogP) is 4.06. The van der Waals surface area contributed by atoms with Crippen LogP contribution in [0.3, 0.4) is 0 Å². The number of nitrogens with two attached hydrogens (primary N) is 1. The van der Waals surface area contributed by atoms with Crippen molar-refractivity contribution in [2.24, 2.45) is 5.73 Å². The van der Waals surface area contributed by atoms with E-state index >= 15 is 4.39 Å². The molecule has 11 heteroatoms. The lowest BCUT2D eigenvalue weighted by Gasteiger charge is -2.35. The summed E-state index contributed by atoms with van der Waals surface area (Å²) in [5.74, 6) is -0.175. The number of aromatic amines is 1. The van der Waals surface area contributed by atoms with Crippen molar-refractivity contribution >= 4 is 56.9 Å². The Labute approximate surface area is 216 Å². The summed E-state index contributed by atoms with van der Waals surface area (Å²) in [4.78, 5) is 24.8. The molecule has 4 N–H and O–H groups in total. The summed E-state index contributed by atoms with van der Waals surface area (Å²) >= 11 is 6.76. The van der Waals surface area contributed by atoms with Gasteiger partial charge < -0.3 is 20.9 Å². The van der Waals surface area contributed by atoms with E-state index in [1.54, 1.807) is 17.2 Å². The Hall–Kier alpha value is -4.31. The minimum absolute atomic E-state index is 0.0603. The Morgan fingerprint density at radius 3 is 2.65 bits per heavy atom. The van der Waals surface area contributed by atoms with Gasteiger partial charge in [-0.3, -0.25) is 9.89 Å². The molecule has 4 aromatic rings. The summed E-state index contributed by atoms with van der Waals surface area (Å²) in [6, 6.07) is 5.43. The Kier molecular flexibility index (Phi) is 6.34. The summed E-state index contributed by atoms with van der Waals surface area (Å²) in [5.41, 5.74) is 8.44. The van der Waals surface area contributed by atoms with Crippen molar-refractivity contribution in [2.45, 2.75) is 6.92 Å². The Bertz CT molecular complexity index is 1600. The third kappa shape index (κ3) is 4.09. The number of halogens is 2. The normalized spacial score (nSPS) is 14.4. The standard InChI is InChI=1S/C26H24ClFN8O/c1-3-20(37)35-6-8-36(9-7-35)26-16-10-18(27)22(21-14(2)4-5-19-17(21)13-31-34-19)23(28)24(16)32-25(33-26)15(11-29)12-30/h3-5,10-13,29H,1,6-9,30H2,2H3,(H,31,34)/b15-12+,29-11?. The zero-order valence-corrected chi connectivity index (χ0v) is 20.8. The molecule has 0 atom stereocenters.